The van der Waals surface area contributed by atoms with Gasteiger partial charge in [0.1, 0.15) is 12.3 Å². The fourth-order valence-corrected chi connectivity index (χ4v) is 1.99. The maximum atomic E-state index is 10.6. The third kappa shape index (κ3) is 5.64. The zero-order valence-corrected chi connectivity index (χ0v) is 13.5. The molecule has 8 nitrogen and oxygen atoms in total. The number of hydrogen-bond acceptors (Lipinski definition) is 5. The summed E-state index contributed by atoms with van der Waals surface area (Å²) in [6, 6.07) is 10.0. The van der Waals surface area contributed by atoms with Gasteiger partial charge in [-0.3, -0.25) is 10.1 Å². The Balaban J connectivity index is 1.75. The molecule has 3 N–H and O–H groups in total. The molecule has 2 aromatic rings. The number of guanidine groups is 1. The van der Waals surface area contributed by atoms with Crippen molar-refractivity contribution in [1.29, 1.82) is 0 Å². The Morgan fingerprint density at radius 1 is 1.21 bits per heavy atom. The molecule has 1 aromatic heterocycles. The molecule has 0 atom stereocenters. The molecule has 128 valence electrons. The minimum atomic E-state index is -0.413. The van der Waals surface area contributed by atoms with E-state index in [0.29, 0.717) is 25.6 Å². The van der Waals surface area contributed by atoms with Gasteiger partial charge in [-0.1, -0.05) is 0 Å². The van der Waals surface area contributed by atoms with Crippen LogP contribution in [0.4, 0.5) is 11.4 Å². The molecule has 1 heterocycles. The number of rotatable bonds is 8. The van der Waals surface area contributed by atoms with E-state index < -0.39 is 4.92 Å². The molecule has 0 aliphatic rings. The zero-order chi connectivity index (χ0) is 17.2. The summed E-state index contributed by atoms with van der Waals surface area (Å²) in [6.07, 6.45) is 1.62. The Morgan fingerprint density at radius 3 is 2.62 bits per heavy atom. The molecule has 1 aromatic carbocycles. The first-order valence-electron chi connectivity index (χ1n) is 7.72. The van der Waals surface area contributed by atoms with Crippen LogP contribution in [0.1, 0.15) is 12.7 Å². The highest BCUT2D eigenvalue weighted by molar-refractivity contribution is 5.79. The van der Waals surface area contributed by atoms with Crippen LogP contribution in [0.5, 0.6) is 0 Å². The first-order chi connectivity index (χ1) is 11.7. The first kappa shape index (κ1) is 17.3. The number of furan rings is 1. The highest BCUT2D eigenvalue weighted by Crippen LogP contribution is 2.14. The Hall–Kier alpha value is -3.03. The lowest BCUT2D eigenvalue weighted by Crippen LogP contribution is -2.39. The predicted octanol–water partition coefficient (Wildman–Crippen LogP) is 2.36. The smallest absolute Gasteiger partial charge is 0.269 e. The van der Waals surface area contributed by atoms with Crippen molar-refractivity contribution >= 4 is 17.3 Å². The van der Waals surface area contributed by atoms with Crippen LogP contribution in [0.2, 0.25) is 0 Å². The van der Waals surface area contributed by atoms with Gasteiger partial charge in [0.05, 0.1) is 11.2 Å². The number of hydrogen-bond donors (Lipinski definition) is 3. The molecule has 8 heteroatoms. The maximum absolute atomic E-state index is 10.6. The molecule has 0 saturated carbocycles. The molecular formula is C16H21N5O3. The summed E-state index contributed by atoms with van der Waals surface area (Å²) in [6.45, 7) is 4.54. The molecule has 2 rings (SSSR count). The van der Waals surface area contributed by atoms with Gasteiger partial charge in [-0.05, 0) is 31.2 Å². The van der Waals surface area contributed by atoms with Crippen molar-refractivity contribution in [3.63, 3.8) is 0 Å². The van der Waals surface area contributed by atoms with Gasteiger partial charge in [-0.25, -0.2) is 4.99 Å². The van der Waals surface area contributed by atoms with Crippen LogP contribution in [0, 0.1) is 10.1 Å². The monoisotopic (exact) mass is 331 g/mol. The maximum Gasteiger partial charge on any atom is 0.269 e. The van der Waals surface area contributed by atoms with Gasteiger partial charge in [-0.15, -0.1) is 0 Å². The number of anilines is 1. The molecule has 0 spiro atoms. The van der Waals surface area contributed by atoms with Crippen LogP contribution in [0.15, 0.2) is 52.1 Å². The number of nitrogens with one attached hydrogen (secondary N) is 3. The van der Waals surface area contributed by atoms with E-state index in [-0.39, 0.29) is 5.69 Å². The summed E-state index contributed by atoms with van der Waals surface area (Å²) in [5.74, 6) is 1.51. The molecule has 0 unspecified atom stereocenters. The van der Waals surface area contributed by atoms with E-state index in [2.05, 4.69) is 20.9 Å². The number of aliphatic imine (C=N–C) groups is 1. The molecule has 0 aliphatic carbocycles. The van der Waals surface area contributed by atoms with Gasteiger partial charge >= 0.3 is 0 Å². The Bertz CT molecular complexity index is 653. The van der Waals surface area contributed by atoms with E-state index in [9.17, 15) is 10.1 Å². The second-order valence-electron chi connectivity index (χ2n) is 4.93. The van der Waals surface area contributed by atoms with Gasteiger partial charge in [0, 0.05) is 37.5 Å². The molecular weight excluding hydrogens is 310 g/mol. The van der Waals surface area contributed by atoms with Crippen molar-refractivity contribution in [2.45, 2.75) is 13.5 Å². The van der Waals surface area contributed by atoms with Crippen molar-refractivity contribution in [3.8, 4) is 0 Å². The zero-order valence-electron chi connectivity index (χ0n) is 13.5. The lowest BCUT2D eigenvalue weighted by molar-refractivity contribution is -0.384. The van der Waals surface area contributed by atoms with E-state index in [4.69, 9.17) is 4.42 Å². The summed E-state index contributed by atoms with van der Waals surface area (Å²) >= 11 is 0. The third-order valence-corrected chi connectivity index (χ3v) is 3.14. The van der Waals surface area contributed by atoms with Crippen molar-refractivity contribution in [3.05, 3.63) is 58.5 Å². The van der Waals surface area contributed by atoms with Crippen LogP contribution in [-0.4, -0.2) is 30.5 Å². The van der Waals surface area contributed by atoms with Gasteiger partial charge in [0.2, 0.25) is 0 Å². The second kappa shape index (κ2) is 9.19. The molecule has 0 radical (unpaired) electrons. The van der Waals surface area contributed by atoms with E-state index in [0.717, 1.165) is 18.0 Å². The lowest BCUT2D eigenvalue weighted by Gasteiger charge is -2.12. The standard InChI is InChI=1S/C16H21N5O3/c1-2-17-16(20-12-15-4-3-11-24-15)19-10-9-18-13-5-7-14(8-6-13)21(22)23/h3-8,11,18H,2,9-10,12H2,1H3,(H2,17,19,20). The van der Waals surface area contributed by atoms with Gasteiger partial charge < -0.3 is 20.4 Å². The van der Waals surface area contributed by atoms with Crippen LogP contribution in [-0.2, 0) is 6.54 Å². The molecule has 0 fully saturated rings. The lowest BCUT2D eigenvalue weighted by atomic mass is 10.3. The van der Waals surface area contributed by atoms with E-state index >= 15 is 0 Å². The topological polar surface area (TPSA) is 105 Å². The number of benzene rings is 1. The minimum absolute atomic E-state index is 0.0816. The molecule has 0 aliphatic heterocycles. The fourth-order valence-electron chi connectivity index (χ4n) is 1.99. The minimum Gasteiger partial charge on any atom is -0.467 e. The predicted molar refractivity (Wildman–Crippen MR) is 93.1 cm³/mol. The van der Waals surface area contributed by atoms with Crippen molar-refractivity contribution in [2.75, 3.05) is 25.0 Å². The van der Waals surface area contributed by atoms with E-state index in [1.165, 1.54) is 12.1 Å². The van der Waals surface area contributed by atoms with Crippen molar-refractivity contribution in [1.82, 2.24) is 10.6 Å². The average Bonchev–Trinajstić information content (AvgIpc) is 3.10. The molecule has 0 saturated heterocycles. The SMILES string of the molecule is CCNC(=NCc1ccco1)NCCNc1ccc([N+](=O)[O-])cc1. The van der Waals surface area contributed by atoms with E-state index in [1.807, 2.05) is 19.1 Å². The Labute approximate surface area is 140 Å². The molecule has 24 heavy (non-hydrogen) atoms. The van der Waals surface area contributed by atoms with Crippen LogP contribution in [0.25, 0.3) is 0 Å². The highest BCUT2D eigenvalue weighted by Gasteiger charge is 2.03. The quantitative estimate of drug-likeness (QED) is 0.225. The second-order valence-corrected chi connectivity index (χ2v) is 4.93. The van der Waals surface area contributed by atoms with Crippen LogP contribution < -0.4 is 16.0 Å². The average molecular weight is 331 g/mol. The Morgan fingerprint density at radius 2 is 2.00 bits per heavy atom. The highest BCUT2D eigenvalue weighted by atomic mass is 16.6. The number of non-ortho nitro benzene ring substituents is 1. The van der Waals surface area contributed by atoms with Gasteiger partial charge in [-0.2, -0.15) is 0 Å². The number of nitrogens with zero attached hydrogens (tertiary/aromatic N) is 2. The summed E-state index contributed by atoms with van der Waals surface area (Å²) in [4.78, 5) is 14.6. The summed E-state index contributed by atoms with van der Waals surface area (Å²) in [5, 5.41) is 20.2. The van der Waals surface area contributed by atoms with Gasteiger partial charge in [0.15, 0.2) is 5.96 Å². The molecule has 0 bridgehead atoms. The summed E-state index contributed by atoms with van der Waals surface area (Å²) < 4.78 is 5.25. The summed E-state index contributed by atoms with van der Waals surface area (Å²) in [7, 11) is 0. The van der Waals surface area contributed by atoms with Crippen molar-refractivity contribution in [2.24, 2.45) is 4.99 Å². The van der Waals surface area contributed by atoms with Crippen LogP contribution >= 0.6 is 0 Å². The fraction of sp³-hybridized carbons (Fsp3) is 0.312. The number of nitro benzene ring substituents is 1. The number of nitro groups is 1. The van der Waals surface area contributed by atoms with Gasteiger partial charge in [0.25, 0.3) is 5.69 Å². The van der Waals surface area contributed by atoms with E-state index in [1.54, 1.807) is 18.4 Å². The summed E-state index contributed by atoms with van der Waals surface area (Å²) in [5.41, 5.74) is 0.915. The third-order valence-electron chi connectivity index (χ3n) is 3.14. The normalized spacial score (nSPS) is 11.1. The van der Waals surface area contributed by atoms with Crippen molar-refractivity contribution < 1.29 is 9.34 Å². The Kier molecular flexibility index (Phi) is 6.63. The first-order valence-corrected chi connectivity index (χ1v) is 7.72. The largest absolute Gasteiger partial charge is 0.467 e. The molecule has 0 amide bonds. The van der Waals surface area contributed by atoms with Crippen LogP contribution in [0.3, 0.4) is 0 Å².